The molecule has 0 bridgehead atoms. The summed E-state index contributed by atoms with van der Waals surface area (Å²) in [5.74, 6) is -0.330. The highest BCUT2D eigenvalue weighted by atomic mass is 32.2. The fourth-order valence-corrected chi connectivity index (χ4v) is 2.13. The number of halogens is 3. The number of carbonyl (C=O) groups excluding carboxylic acids is 1. The molecule has 0 fully saturated rings. The molecule has 6 nitrogen and oxygen atoms in total. The topological polar surface area (TPSA) is 72.9 Å². The standard InChI is InChI=1S/C12H18F3NO5S/c1-11(2,3)20-10(17)16-7-4-5-9(6-8-16)21-22(18,19)12(13,14)15/h6H,4-5,7-8H2,1-3H3. The van der Waals surface area contributed by atoms with Gasteiger partial charge in [0.1, 0.15) is 11.4 Å². The first-order valence-electron chi connectivity index (χ1n) is 6.49. The summed E-state index contributed by atoms with van der Waals surface area (Å²) < 4.78 is 67.9. The highest BCUT2D eigenvalue weighted by Crippen LogP contribution is 2.28. The van der Waals surface area contributed by atoms with Crippen molar-refractivity contribution in [3.63, 3.8) is 0 Å². The lowest BCUT2D eigenvalue weighted by atomic mass is 10.2. The molecule has 1 aliphatic rings. The molecule has 0 saturated carbocycles. The molecular weight excluding hydrogens is 327 g/mol. The summed E-state index contributed by atoms with van der Waals surface area (Å²) in [5.41, 5.74) is -6.18. The van der Waals surface area contributed by atoms with E-state index >= 15 is 0 Å². The fourth-order valence-electron chi connectivity index (χ4n) is 1.61. The first-order chi connectivity index (χ1) is 9.82. The molecule has 1 aliphatic heterocycles. The predicted octanol–water partition coefficient (Wildman–Crippen LogP) is 2.77. The molecule has 1 amide bonds. The van der Waals surface area contributed by atoms with E-state index in [4.69, 9.17) is 4.74 Å². The van der Waals surface area contributed by atoms with Gasteiger partial charge < -0.3 is 13.8 Å². The van der Waals surface area contributed by atoms with E-state index in [9.17, 15) is 26.4 Å². The quantitative estimate of drug-likeness (QED) is 0.568. The van der Waals surface area contributed by atoms with E-state index in [-0.39, 0.29) is 31.7 Å². The summed E-state index contributed by atoms with van der Waals surface area (Å²) >= 11 is 0. The molecule has 0 N–H and O–H groups in total. The number of nitrogens with zero attached hydrogens (tertiary/aromatic N) is 1. The Morgan fingerprint density at radius 2 is 1.86 bits per heavy atom. The molecule has 128 valence electrons. The highest BCUT2D eigenvalue weighted by Gasteiger charge is 2.48. The summed E-state index contributed by atoms with van der Waals surface area (Å²) in [4.78, 5) is 13.1. The van der Waals surface area contributed by atoms with E-state index in [2.05, 4.69) is 4.18 Å². The van der Waals surface area contributed by atoms with Gasteiger partial charge in [-0.2, -0.15) is 21.6 Å². The highest BCUT2D eigenvalue weighted by molar-refractivity contribution is 7.87. The summed E-state index contributed by atoms with van der Waals surface area (Å²) in [5, 5.41) is 0. The molecule has 0 aliphatic carbocycles. The first kappa shape index (κ1) is 18.6. The van der Waals surface area contributed by atoms with Crippen LogP contribution in [0, 0.1) is 0 Å². The fraction of sp³-hybridized carbons (Fsp3) is 0.750. The summed E-state index contributed by atoms with van der Waals surface area (Å²) in [6.07, 6.45) is 0.761. The summed E-state index contributed by atoms with van der Waals surface area (Å²) in [6, 6.07) is 0. The molecule has 22 heavy (non-hydrogen) atoms. The van der Waals surface area contributed by atoms with Gasteiger partial charge in [0.15, 0.2) is 0 Å². The number of ether oxygens (including phenoxy) is 1. The second-order valence-electron chi connectivity index (χ2n) is 5.68. The SMILES string of the molecule is CC(C)(C)OC(=O)N1CC=C(OS(=O)(=O)C(F)(F)F)CCC1. The zero-order valence-corrected chi connectivity index (χ0v) is 13.3. The number of alkyl halides is 3. The van der Waals surface area contributed by atoms with Crippen LogP contribution in [0.4, 0.5) is 18.0 Å². The first-order valence-corrected chi connectivity index (χ1v) is 7.90. The Bertz CT molecular complexity index is 548. The van der Waals surface area contributed by atoms with Crippen LogP contribution in [0.1, 0.15) is 33.6 Å². The molecule has 1 heterocycles. The largest absolute Gasteiger partial charge is 0.534 e. The molecule has 0 saturated heterocycles. The van der Waals surface area contributed by atoms with Gasteiger partial charge in [-0.15, -0.1) is 0 Å². The van der Waals surface area contributed by atoms with Gasteiger partial charge in [-0.05, 0) is 33.3 Å². The summed E-state index contributed by atoms with van der Waals surface area (Å²) in [7, 11) is -5.68. The Kier molecular flexibility index (Phi) is 5.37. The minimum absolute atomic E-state index is 0.0192. The van der Waals surface area contributed by atoms with Crippen LogP contribution >= 0.6 is 0 Å². The van der Waals surface area contributed by atoms with Gasteiger partial charge >= 0.3 is 21.7 Å². The van der Waals surface area contributed by atoms with Crippen molar-refractivity contribution >= 4 is 16.2 Å². The Balaban J connectivity index is 2.75. The minimum Gasteiger partial charge on any atom is -0.444 e. The van der Waals surface area contributed by atoms with Gasteiger partial charge in [0.25, 0.3) is 0 Å². The smallest absolute Gasteiger partial charge is 0.444 e. The zero-order chi connectivity index (χ0) is 17.2. The molecule has 0 aromatic carbocycles. The van der Waals surface area contributed by atoms with Crippen molar-refractivity contribution < 1.29 is 35.3 Å². The van der Waals surface area contributed by atoms with Crippen LogP contribution in [-0.2, 0) is 19.0 Å². The lowest BCUT2D eigenvalue weighted by Crippen LogP contribution is -2.37. The van der Waals surface area contributed by atoms with Crippen molar-refractivity contribution in [2.75, 3.05) is 13.1 Å². The molecule has 10 heteroatoms. The van der Waals surface area contributed by atoms with E-state index in [1.54, 1.807) is 20.8 Å². The Labute approximate surface area is 127 Å². The van der Waals surface area contributed by atoms with Gasteiger partial charge in [-0.1, -0.05) is 0 Å². The van der Waals surface area contributed by atoms with Crippen LogP contribution in [0.5, 0.6) is 0 Å². The van der Waals surface area contributed by atoms with Gasteiger partial charge in [-0.25, -0.2) is 4.79 Å². The maximum absolute atomic E-state index is 12.3. The lowest BCUT2D eigenvalue weighted by Gasteiger charge is -2.25. The predicted molar refractivity (Wildman–Crippen MR) is 71.2 cm³/mol. The normalized spacial score (nSPS) is 17.5. The molecule has 0 radical (unpaired) electrons. The Morgan fingerprint density at radius 1 is 1.27 bits per heavy atom. The van der Waals surface area contributed by atoms with E-state index in [0.29, 0.717) is 0 Å². The minimum atomic E-state index is -5.68. The van der Waals surface area contributed by atoms with Crippen LogP contribution in [0.15, 0.2) is 11.8 Å². The Morgan fingerprint density at radius 3 is 2.36 bits per heavy atom. The van der Waals surface area contributed by atoms with E-state index in [0.717, 1.165) is 6.08 Å². The molecule has 0 aromatic rings. The maximum Gasteiger partial charge on any atom is 0.534 e. The van der Waals surface area contributed by atoms with Crippen molar-refractivity contribution in [3.05, 3.63) is 11.8 Å². The number of hydrogen-bond donors (Lipinski definition) is 0. The third kappa shape index (κ3) is 5.39. The van der Waals surface area contributed by atoms with Crippen LogP contribution in [0.3, 0.4) is 0 Å². The van der Waals surface area contributed by atoms with Crippen LogP contribution < -0.4 is 0 Å². The molecule has 0 spiro atoms. The third-order valence-corrected chi connectivity index (χ3v) is 3.54. The van der Waals surface area contributed by atoms with Crippen molar-refractivity contribution in [2.24, 2.45) is 0 Å². The van der Waals surface area contributed by atoms with E-state index < -0.39 is 27.3 Å². The Hall–Kier alpha value is -1.45. The van der Waals surface area contributed by atoms with Crippen molar-refractivity contribution in [3.8, 4) is 0 Å². The van der Waals surface area contributed by atoms with Crippen molar-refractivity contribution in [1.82, 2.24) is 4.90 Å². The number of rotatable bonds is 2. The maximum atomic E-state index is 12.3. The number of hydrogen-bond acceptors (Lipinski definition) is 5. The number of allylic oxidation sites excluding steroid dienone is 1. The average Bonchev–Trinajstić information content (AvgIpc) is 2.50. The lowest BCUT2D eigenvalue weighted by molar-refractivity contribution is -0.0523. The van der Waals surface area contributed by atoms with Gasteiger partial charge in [-0.3, -0.25) is 0 Å². The monoisotopic (exact) mass is 345 g/mol. The molecule has 1 rings (SSSR count). The summed E-state index contributed by atoms with van der Waals surface area (Å²) in [6.45, 7) is 5.19. The molecule has 0 unspecified atom stereocenters. The third-order valence-electron chi connectivity index (χ3n) is 2.54. The van der Waals surface area contributed by atoms with Gasteiger partial charge in [0, 0.05) is 19.5 Å². The molecule has 0 atom stereocenters. The number of carbonyl (C=O) groups is 1. The average molecular weight is 345 g/mol. The zero-order valence-electron chi connectivity index (χ0n) is 12.4. The van der Waals surface area contributed by atoms with Crippen LogP contribution in [-0.4, -0.2) is 43.6 Å². The number of amides is 1. The second kappa shape index (κ2) is 6.35. The van der Waals surface area contributed by atoms with Crippen molar-refractivity contribution in [1.29, 1.82) is 0 Å². The van der Waals surface area contributed by atoms with Gasteiger partial charge in [0.2, 0.25) is 0 Å². The van der Waals surface area contributed by atoms with Crippen molar-refractivity contribution in [2.45, 2.75) is 44.7 Å². The second-order valence-corrected chi connectivity index (χ2v) is 7.22. The molecular formula is C12H18F3NO5S. The van der Waals surface area contributed by atoms with Gasteiger partial charge in [0.05, 0.1) is 0 Å². The van der Waals surface area contributed by atoms with E-state index in [1.807, 2.05) is 0 Å². The molecule has 0 aromatic heterocycles. The van der Waals surface area contributed by atoms with Crippen LogP contribution in [0.25, 0.3) is 0 Å². The van der Waals surface area contributed by atoms with E-state index in [1.165, 1.54) is 4.90 Å². The van der Waals surface area contributed by atoms with Crippen LogP contribution in [0.2, 0.25) is 0 Å².